The SMILES string of the molecule is c1ccc(-c2ccc(-c3nc(-c4ccccc4)cc(-c4ccc5cc(-c6ccc7sc(-c8ccccc8)nc7c6)ccc5c4)n3)cc2)cc1. The number of fused-ring (bicyclic) bond motifs is 2. The van der Waals surface area contributed by atoms with Crippen molar-refractivity contribution in [2.45, 2.75) is 0 Å². The number of aromatic nitrogens is 3. The molecule has 9 rings (SSSR count). The van der Waals surface area contributed by atoms with Gasteiger partial charge in [0.1, 0.15) is 5.01 Å². The van der Waals surface area contributed by atoms with Crippen LogP contribution in [0.1, 0.15) is 0 Å². The van der Waals surface area contributed by atoms with E-state index in [1.807, 2.05) is 30.3 Å². The molecule has 0 spiro atoms. The highest BCUT2D eigenvalue weighted by Crippen LogP contribution is 2.35. The van der Waals surface area contributed by atoms with E-state index >= 15 is 0 Å². The topological polar surface area (TPSA) is 38.7 Å². The van der Waals surface area contributed by atoms with Crippen molar-refractivity contribution in [2.24, 2.45) is 0 Å². The van der Waals surface area contributed by atoms with Gasteiger partial charge in [0.25, 0.3) is 0 Å². The molecule has 0 aliphatic rings. The highest BCUT2D eigenvalue weighted by atomic mass is 32.1. The summed E-state index contributed by atoms with van der Waals surface area (Å²) in [5, 5.41) is 3.39. The first-order valence-corrected chi connectivity index (χ1v) is 17.2. The number of benzene rings is 7. The molecule has 0 saturated carbocycles. The third-order valence-corrected chi connectivity index (χ3v) is 10.0. The van der Waals surface area contributed by atoms with Crippen LogP contribution in [0.15, 0.2) is 176 Å². The number of rotatable bonds is 6. The van der Waals surface area contributed by atoms with Gasteiger partial charge in [0, 0.05) is 22.3 Å². The summed E-state index contributed by atoms with van der Waals surface area (Å²) in [6.45, 7) is 0. The van der Waals surface area contributed by atoms with E-state index < -0.39 is 0 Å². The number of nitrogens with zero attached hydrogens (tertiary/aromatic N) is 3. The Balaban J connectivity index is 1.07. The van der Waals surface area contributed by atoms with Crippen LogP contribution in [0.5, 0.6) is 0 Å². The fraction of sp³-hybridized carbons (Fsp3) is 0. The molecule has 2 heterocycles. The van der Waals surface area contributed by atoms with Crippen molar-refractivity contribution in [2.75, 3.05) is 0 Å². The lowest BCUT2D eigenvalue weighted by atomic mass is 9.98. The molecule has 0 unspecified atom stereocenters. The summed E-state index contributed by atoms with van der Waals surface area (Å²) >= 11 is 1.73. The van der Waals surface area contributed by atoms with E-state index in [0.717, 1.165) is 55.1 Å². The molecule has 0 aliphatic heterocycles. The Labute approximate surface area is 288 Å². The summed E-state index contributed by atoms with van der Waals surface area (Å²) < 4.78 is 1.19. The predicted octanol–water partition coefficient (Wildman–Crippen LogP) is 12.2. The van der Waals surface area contributed by atoms with E-state index in [1.54, 1.807) is 11.3 Å². The van der Waals surface area contributed by atoms with Gasteiger partial charge in [-0.25, -0.2) is 15.0 Å². The largest absolute Gasteiger partial charge is 0.236 e. The summed E-state index contributed by atoms with van der Waals surface area (Å²) in [6.07, 6.45) is 0. The molecular weight excluding hydrogens is 615 g/mol. The van der Waals surface area contributed by atoms with Gasteiger partial charge in [0.15, 0.2) is 5.82 Å². The average Bonchev–Trinajstić information content (AvgIpc) is 3.62. The smallest absolute Gasteiger partial charge is 0.160 e. The monoisotopic (exact) mass is 643 g/mol. The van der Waals surface area contributed by atoms with Crippen LogP contribution in [-0.2, 0) is 0 Å². The van der Waals surface area contributed by atoms with E-state index in [9.17, 15) is 0 Å². The lowest BCUT2D eigenvalue weighted by Gasteiger charge is -2.11. The highest BCUT2D eigenvalue weighted by molar-refractivity contribution is 7.21. The van der Waals surface area contributed by atoms with Gasteiger partial charge in [-0.15, -0.1) is 11.3 Å². The standard InChI is InChI=1S/C45H29N3S/c1-4-10-30(11-5-1)31-16-18-33(19-17-31)44-46-40(32-12-6-2-7-13-32)29-41(47-44)39-23-22-35-26-36(20-21-37(35)27-39)38-24-25-43-42(28-38)48-45(49-43)34-14-8-3-9-15-34/h1-29H. The van der Waals surface area contributed by atoms with Crippen LogP contribution in [0.2, 0.25) is 0 Å². The van der Waals surface area contributed by atoms with E-state index in [0.29, 0.717) is 5.82 Å². The second kappa shape index (κ2) is 12.4. The minimum absolute atomic E-state index is 0.708. The molecule has 3 nitrogen and oxygen atoms in total. The van der Waals surface area contributed by atoms with Crippen LogP contribution in [-0.4, -0.2) is 15.0 Å². The molecular formula is C45H29N3S. The summed E-state index contributed by atoms with van der Waals surface area (Å²) in [5.74, 6) is 0.708. The van der Waals surface area contributed by atoms with Crippen molar-refractivity contribution in [3.63, 3.8) is 0 Å². The van der Waals surface area contributed by atoms with Gasteiger partial charge in [-0.2, -0.15) is 0 Å². The Bertz CT molecular complexity index is 2580. The maximum atomic E-state index is 5.11. The van der Waals surface area contributed by atoms with Crippen molar-refractivity contribution in [1.82, 2.24) is 15.0 Å². The van der Waals surface area contributed by atoms with Crippen molar-refractivity contribution >= 4 is 32.3 Å². The molecule has 0 amide bonds. The zero-order valence-electron chi connectivity index (χ0n) is 26.5. The molecule has 0 radical (unpaired) electrons. The minimum Gasteiger partial charge on any atom is -0.236 e. The third-order valence-electron chi connectivity index (χ3n) is 8.92. The van der Waals surface area contributed by atoms with Crippen LogP contribution in [0, 0.1) is 0 Å². The van der Waals surface area contributed by atoms with Gasteiger partial charge in [-0.1, -0.05) is 146 Å². The number of thiazole rings is 1. The molecule has 9 aromatic rings. The Morgan fingerprint density at radius 3 is 1.51 bits per heavy atom. The van der Waals surface area contributed by atoms with Crippen molar-refractivity contribution in [3.05, 3.63) is 176 Å². The summed E-state index contributed by atoms with van der Waals surface area (Å²) in [4.78, 5) is 15.1. The molecule has 7 aromatic carbocycles. The maximum Gasteiger partial charge on any atom is 0.160 e. The van der Waals surface area contributed by atoms with Crippen LogP contribution in [0.3, 0.4) is 0 Å². The van der Waals surface area contributed by atoms with Gasteiger partial charge in [0.05, 0.1) is 21.6 Å². The third kappa shape index (κ3) is 5.80. The molecule has 0 saturated heterocycles. The minimum atomic E-state index is 0.708. The van der Waals surface area contributed by atoms with Crippen LogP contribution in [0.4, 0.5) is 0 Å². The second-order valence-electron chi connectivity index (χ2n) is 12.1. The molecule has 0 aliphatic carbocycles. The van der Waals surface area contributed by atoms with E-state index in [1.165, 1.54) is 26.8 Å². The molecule has 0 N–H and O–H groups in total. The Morgan fingerprint density at radius 2 is 0.816 bits per heavy atom. The fourth-order valence-corrected chi connectivity index (χ4v) is 7.27. The molecule has 230 valence electrons. The van der Waals surface area contributed by atoms with E-state index in [2.05, 4.69) is 146 Å². The molecule has 4 heteroatoms. The lowest BCUT2D eigenvalue weighted by molar-refractivity contribution is 1.18. The van der Waals surface area contributed by atoms with Gasteiger partial charge in [0.2, 0.25) is 0 Å². The first-order valence-electron chi connectivity index (χ1n) is 16.3. The summed E-state index contributed by atoms with van der Waals surface area (Å²) in [5.41, 5.74) is 11.8. The number of hydrogen-bond acceptors (Lipinski definition) is 4. The normalized spacial score (nSPS) is 11.3. The second-order valence-corrected chi connectivity index (χ2v) is 13.1. The van der Waals surface area contributed by atoms with Gasteiger partial charge < -0.3 is 0 Å². The zero-order valence-corrected chi connectivity index (χ0v) is 27.3. The highest BCUT2D eigenvalue weighted by Gasteiger charge is 2.13. The summed E-state index contributed by atoms with van der Waals surface area (Å²) in [7, 11) is 0. The quantitative estimate of drug-likeness (QED) is 0.181. The van der Waals surface area contributed by atoms with E-state index in [-0.39, 0.29) is 0 Å². The summed E-state index contributed by atoms with van der Waals surface area (Å²) in [6, 6.07) is 61.6. The number of hydrogen-bond donors (Lipinski definition) is 0. The van der Waals surface area contributed by atoms with Gasteiger partial charge >= 0.3 is 0 Å². The van der Waals surface area contributed by atoms with Crippen LogP contribution >= 0.6 is 11.3 Å². The molecule has 49 heavy (non-hydrogen) atoms. The van der Waals surface area contributed by atoms with E-state index in [4.69, 9.17) is 15.0 Å². The van der Waals surface area contributed by atoms with Gasteiger partial charge in [-0.05, 0) is 63.4 Å². The first-order chi connectivity index (χ1) is 24.2. The maximum absolute atomic E-state index is 5.11. The Kier molecular flexibility index (Phi) is 7.34. The van der Waals surface area contributed by atoms with Crippen molar-refractivity contribution in [1.29, 1.82) is 0 Å². The molecule has 0 fully saturated rings. The Hall–Kier alpha value is -6.23. The van der Waals surface area contributed by atoms with Crippen LogP contribution < -0.4 is 0 Å². The predicted molar refractivity (Wildman–Crippen MR) is 205 cm³/mol. The van der Waals surface area contributed by atoms with Crippen molar-refractivity contribution < 1.29 is 0 Å². The average molecular weight is 644 g/mol. The lowest BCUT2D eigenvalue weighted by Crippen LogP contribution is -1.96. The van der Waals surface area contributed by atoms with Crippen molar-refractivity contribution in [3.8, 4) is 66.7 Å². The van der Waals surface area contributed by atoms with Gasteiger partial charge in [-0.3, -0.25) is 0 Å². The molecule has 0 bridgehead atoms. The molecule has 0 atom stereocenters. The first kappa shape index (κ1) is 29.0. The zero-order chi connectivity index (χ0) is 32.6. The fourth-order valence-electron chi connectivity index (χ4n) is 6.32. The van der Waals surface area contributed by atoms with Crippen LogP contribution in [0.25, 0.3) is 87.7 Å². The Morgan fingerprint density at radius 1 is 0.327 bits per heavy atom. The molecule has 2 aromatic heterocycles.